The van der Waals surface area contributed by atoms with Gasteiger partial charge in [0.1, 0.15) is 17.9 Å². The van der Waals surface area contributed by atoms with Gasteiger partial charge in [-0.1, -0.05) is 5.16 Å². The Kier molecular flexibility index (Phi) is 5.98. The highest BCUT2D eigenvalue weighted by Crippen LogP contribution is 2.32. The predicted molar refractivity (Wildman–Crippen MR) is 90.2 cm³/mol. The van der Waals surface area contributed by atoms with Gasteiger partial charge >= 0.3 is 12.3 Å². The van der Waals surface area contributed by atoms with E-state index in [0.717, 1.165) is 6.07 Å². The van der Waals surface area contributed by atoms with Crippen molar-refractivity contribution in [2.75, 3.05) is 19.7 Å². The third-order valence-corrected chi connectivity index (χ3v) is 3.83. The Balaban J connectivity index is 1.77. The summed E-state index contributed by atoms with van der Waals surface area (Å²) in [4.78, 5) is 25.3. The van der Waals surface area contributed by atoms with E-state index in [-0.39, 0.29) is 18.4 Å². The van der Waals surface area contributed by atoms with E-state index in [1.165, 1.54) is 18.7 Å². The summed E-state index contributed by atoms with van der Waals surface area (Å²) < 4.78 is 52.7. The summed E-state index contributed by atoms with van der Waals surface area (Å²) in [5.41, 5.74) is -1.84. The minimum Gasteiger partial charge on any atom is -0.444 e. The average Bonchev–Trinajstić information content (AvgIpc) is 2.93. The van der Waals surface area contributed by atoms with Crippen molar-refractivity contribution in [1.82, 2.24) is 15.4 Å². The van der Waals surface area contributed by atoms with E-state index in [9.17, 15) is 22.8 Å². The van der Waals surface area contributed by atoms with Gasteiger partial charge in [-0.2, -0.15) is 13.2 Å². The number of hydrogen-bond acceptors (Lipinski definition) is 6. The van der Waals surface area contributed by atoms with Gasteiger partial charge in [0, 0.05) is 6.07 Å². The molecule has 2 heterocycles. The third kappa shape index (κ3) is 5.85. The lowest BCUT2D eigenvalue weighted by Gasteiger charge is -2.39. The summed E-state index contributed by atoms with van der Waals surface area (Å²) in [7, 11) is 0. The maximum Gasteiger partial charge on any atom is 0.452 e. The standard InChI is InChI=1S/C17H24F3N3O5/c1-15(2,3)27-14(25)23-7-10(8-23)26-9-13(24)21-16(4,5)11-6-12(28-22-11)17(18,19)20/h6,10H,7-9H2,1-5H3,(H,21,24). The molecular weight excluding hydrogens is 383 g/mol. The smallest absolute Gasteiger partial charge is 0.444 e. The van der Waals surface area contributed by atoms with Crippen LogP contribution < -0.4 is 5.32 Å². The minimum atomic E-state index is -4.65. The summed E-state index contributed by atoms with van der Waals surface area (Å²) in [6, 6.07) is 0.742. The molecule has 28 heavy (non-hydrogen) atoms. The van der Waals surface area contributed by atoms with Crippen molar-refractivity contribution in [1.29, 1.82) is 0 Å². The SMILES string of the molecule is CC(C)(C)OC(=O)N1CC(OCC(=O)NC(C)(C)c2cc(C(F)(F)F)on2)C1. The first-order chi connectivity index (χ1) is 12.7. The number of ether oxygens (including phenoxy) is 2. The molecule has 2 amide bonds. The Morgan fingerprint density at radius 3 is 2.36 bits per heavy atom. The molecule has 0 aliphatic carbocycles. The van der Waals surface area contributed by atoms with Gasteiger partial charge in [0.25, 0.3) is 0 Å². The largest absolute Gasteiger partial charge is 0.452 e. The zero-order valence-corrected chi connectivity index (χ0v) is 16.3. The normalized spacial score (nSPS) is 15.9. The van der Waals surface area contributed by atoms with Gasteiger partial charge in [0.05, 0.1) is 24.7 Å². The van der Waals surface area contributed by atoms with Crippen molar-refractivity contribution in [3.8, 4) is 0 Å². The van der Waals surface area contributed by atoms with Crippen LogP contribution in [0.4, 0.5) is 18.0 Å². The molecule has 0 saturated carbocycles. The number of rotatable bonds is 5. The zero-order chi connectivity index (χ0) is 21.3. The van der Waals surface area contributed by atoms with Crippen LogP contribution in [0, 0.1) is 0 Å². The fourth-order valence-corrected chi connectivity index (χ4v) is 2.36. The molecular formula is C17H24F3N3O5. The highest BCUT2D eigenvalue weighted by atomic mass is 19.4. The summed E-state index contributed by atoms with van der Waals surface area (Å²) >= 11 is 0. The molecule has 0 aromatic carbocycles. The molecule has 0 unspecified atom stereocenters. The van der Waals surface area contributed by atoms with Crippen LogP contribution in [0.15, 0.2) is 10.6 Å². The van der Waals surface area contributed by atoms with Gasteiger partial charge in [-0.3, -0.25) is 4.79 Å². The van der Waals surface area contributed by atoms with Gasteiger partial charge in [-0.05, 0) is 34.6 Å². The Bertz CT molecular complexity index is 718. The maximum absolute atomic E-state index is 12.6. The lowest BCUT2D eigenvalue weighted by Crippen LogP contribution is -2.56. The monoisotopic (exact) mass is 407 g/mol. The molecule has 1 aromatic rings. The van der Waals surface area contributed by atoms with Gasteiger partial charge in [0.15, 0.2) is 0 Å². The topological polar surface area (TPSA) is 93.9 Å². The lowest BCUT2D eigenvalue weighted by atomic mass is 10.0. The molecule has 0 atom stereocenters. The molecule has 1 fully saturated rings. The number of likely N-dealkylation sites (tertiary alicyclic amines) is 1. The molecule has 8 nitrogen and oxygen atoms in total. The second-order valence-electron chi connectivity index (χ2n) is 8.07. The average molecular weight is 407 g/mol. The number of carbonyl (C=O) groups is 2. The Labute approximate surface area is 160 Å². The number of hydrogen-bond donors (Lipinski definition) is 1. The number of alkyl halides is 3. The van der Waals surface area contributed by atoms with Crippen LogP contribution in [-0.2, 0) is 26.0 Å². The molecule has 11 heteroatoms. The van der Waals surface area contributed by atoms with E-state index >= 15 is 0 Å². The van der Waals surface area contributed by atoms with Crippen LogP contribution in [0.2, 0.25) is 0 Å². The van der Waals surface area contributed by atoms with Gasteiger partial charge in [0.2, 0.25) is 11.7 Å². The second kappa shape index (κ2) is 7.61. The Hall–Kier alpha value is -2.30. The fraction of sp³-hybridized carbons (Fsp3) is 0.706. The van der Waals surface area contributed by atoms with E-state index in [1.807, 2.05) is 0 Å². The number of nitrogens with zero attached hydrogens (tertiary/aromatic N) is 2. The van der Waals surface area contributed by atoms with Crippen molar-refractivity contribution in [3.63, 3.8) is 0 Å². The van der Waals surface area contributed by atoms with Crippen LogP contribution in [-0.4, -0.2) is 53.5 Å². The summed E-state index contributed by atoms with van der Waals surface area (Å²) in [6.45, 7) is 8.56. The number of carbonyl (C=O) groups excluding carboxylic acids is 2. The molecule has 2 rings (SSSR count). The molecule has 1 aliphatic rings. The Morgan fingerprint density at radius 2 is 1.86 bits per heavy atom. The van der Waals surface area contributed by atoms with Crippen molar-refractivity contribution in [3.05, 3.63) is 17.5 Å². The van der Waals surface area contributed by atoms with Gasteiger partial charge in [-0.15, -0.1) is 0 Å². The first-order valence-corrected chi connectivity index (χ1v) is 8.62. The third-order valence-electron chi connectivity index (χ3n) is 3.83. The van der Waals surface area contributed by atoms with E-state index in [1.54, 1.807) is 20.8 Å². The lowest BCUT2D eigenvalue weighted by molar-refractivity contribution is -0.155. The Morgan fingerprint density at radius 1 is 1.25 bits per heavy atom. The molecule has 158 valence electrons. The summed E-state index contributed by atoms with van der Waals surface area (Å²) in [5.74, 6) is -1.77. The highest BCUT2D eigenvalue weighted by Gasteiger charge is 2.39. The van der Waals surface area contributed by atoms with Crippen LogP contribution >= 0.6 is 0 Å². The van der Waals surface area contributed by atoms with Crippen LogP contribution in [0.3, 0.4) is 0 Å². The van der Waals surface area contributed by atoms with Crippen molar-refractivity contribution in [2.45, 2.75) is 58.0 Å². The zero-order valence-electron chi connectivity index (χ0n) is 16.3. The summed E-state index contributed by atoms with van der Waals surface area (Å²) in [5, 5.41) is 5.93. The molecule has 1 saturated heterocycles. The van der Waals surface area contributed by atoms with Crippen molar-refractivity contribution < 1.29 is 36.8 Å². The number of aromatic nitrogens is 1. The number of nitrogens with one attached hydrogen (secondary N) is 1. The predicted octanol–water partition coefficient (Wildman–Crippen LogP) is 2.68. The van der Waals surface area contributed by atoms with Crippen molar-refractivity contribution in [2.24, 2.45) is 0 Å². The number of halogens is 3. The van der Waals surface area contributed by atoms with E-state index in [4.69, 9.17) is 9.47 Å². The molecule has 0 bridgehead atoms. The highest BCUT2D eigenvalue weighted by molar-refractivity contribution is 5.78. The van der Waals surface area contributed by atoms with E-state index < -0.39 is 35.1 Å². The molecule has 0 spiro atoms. The quantitative estimate of drug-likeness (QED) is 0.807. The number of amides is 2. The first-order valence-electron chi connectivity index (χ1n) is 8.62. The molecule has 1 aromatic heterocycles. The van der Waals surface area contributed by atoms with Crippen LogP contribution in [0.5, 0.6) is 0 Å². The first kappa shape index (κ1) is 22.0. The van der Waals surface area contributed by atoms with Gasteiger partial charge in [-0.25, -0.2) is 4.79 Å². The molecule has 1 aliphatic heterocycles. The van der Waals surface area contributed by atoms with Crippen LogP contribution in [0.25, 0.3) is 0 Å². The van der Waals surface area contributed by atoms with Crippen molar-refractivity contribution >= 4 is 12.0 Å². The fourth-order valence-electron chi connectivity index (χ4n) is 2.36. The molecule has 0 radical (unpaired) electrons. The van der Waals surface area contributed by atoms with E-state index in [2.05, 4.69) is 15.0 Å². The van der Waals surface area contributed by atoms with E-state index in [0.29, 0.717) is 13.1 Å². The minimum absolute atomic E-state index is 0.0621. The van der Waals surface area contributed by atoms with Gasteiger partial charge < -0.3 is 24.2 Å². The maximum atomic E-state index is 12.6. The summed E-state index contributed by atoms with van der Waals surface area (Å²) in [6.07, 6.45) is -5.42. The second-order valence-corrected chi connectivity index (χ2v) is 8.07. The van der Waals surface area contributed by atoms with Crippen LogP contribution in [0.1, 0.15) is 46.1 Å². The molecule has 1 N–H and O–H groups in total.